The minimum atomic E-state index is -2.62. The molecule has 206 valence electrons. The fourth-order valence-corrected chi connectivity index (χ4v) is 4.60. The van der Waals surface area contributed by atoms with Gasteiger partial charge in [-0.2, -0.15) is 0 Å². The van der Waals surface area contributed by atoms with Crippen LogP contribution in [0.5, 0.6) is 0 Å². The van der Waals surface area contributed by atoms with E-state index in [1.807, 2.05) is 30.3 Å². The summed E-state index contributed by atoms with van der Waals surface area (Å²) in [5, 5.41) is 28.5. The molecule has 0 spiro atoms. The number of carboxylic acid groups (broad SMARTS) is 2. The molecule has 1 aliphatic heterocycles. The molecule has 0 aromatic heterocycles. The summed E-state index contributed by atoms with van der Waals surface area (Å²) < 4.78 is 10.4. The van der Waals surface area contributed by atoms with Crippen molar-refractivity contribution in [1.82, 2.24) is 9.80 Å². The largest absolute Gasteiger partial charge is 0.481 e. The third-order valence-electron chi connectivity index (χ3n) is 6.35. The van der Waals surface area contributed by atoms with E-state index in [1.54, 1.807) is 0 Å². The summed E-state index contributed by atoms with van der Waals surface area (Å²) in [7, 11) is 0. The van der Waals surface area contributed by atoms with Crippen LogP contribution in [0.3, 0.4) is 0 Å². The molecule has 3 rings (SSSR count). The van der Waals surface area contributed by atoms with Crippen molar-refractivity contribution < 1.29 is 39.2 Å². The van der Waals surface area contributed by atoms with Crippen LogP contribution >= 0.6 is 11.6 Å². The zero-order valence-corrected chi connectivity index (χ0v) is 21.8. The van der Waals surface area contributed by atoms with Crippen molar-refractivity contribution in [2.75, 3.05) is 52.5 Å². The molecule has 38 heavy (non-hydrogen) atoms. The van der Waals surface area contributed by atoms with Crippen molar-refractivity contribution in [1.29, 1.82) is 0 Å². The molecule has 3 N–H and O–H groups in total. The zero-order chi connectivity index (χ0) is 27.5. The van der Waals surface area contributed by atoms with Gasteiger partial charge in [-0.15, -0.1) is 0 Å². The van der Waals surface area contributed by atoms with Gasteiger partial charge in [0.25, 0.3) is 0 Å². The van der Waals surface area contributed by atoms with E-state index in [1.165, 1.54) is 11.1 Å². The molecule has 1 saturated heterocycles. The van der Waals surface area contributed by atoms with E-state index < -0.39 is 36.4 Å². The van der Waals surface area contributed by atoms with Crippen molar-refractivity contribution in [3.8, 4) is 0 Å². The van der Waals surface area contributed by atoms with Gasteiger partial charge in [-0.3, -0.25) is 19.4 Å². The Morgan fingerprint density at radius 2 is 1.42 bits per heavy atom. The molecule has 1 unspecified atom stereocenters. The van der Waals surface area contributed by atoms with Gasteiger partial charge in [0.2, 0.25) is 0 Å². The van der Waals surface area contributed by atoms with Crippen molar-refractivity contribution in [3.63, 3.8) is 0 Å². The molecule has 2 aromatic rings. The molecule has 0 saturated carbocycles. The molecule has 0 amide bonds. The summed E-state index contributed by atoms with van der Waals surface area (Å²) in [6.45, 7) is 4.32. The maximum atomic E-state index is 12.0. The molecule has 11 heteroatoms. The summed E-state index contributed by atoms with van der Waals surface area (Å²) in [5.74, 6) is -4.31. The van der Waals surface area contributed by atoms with E-state index in [9.17, 15) is 19.5 Å². The van der Waals surface area contributed by atoms with Crippen LogP contribution in [0, 0.1) is 0 Å². The van der Waals surface area contributed by atoms with Gasteiger partial charge in [-0.25, -0.2) is 4.79 Å². The minimum absolute atomic E-state index is 0.0363. The number of aliphatic hydroxyl groups is 1. The second-order valence-electron chi connectivity index (χ2n) is 9.16. The summed E-state index contributed by atoms with van der Waals surface area (Å²) in [5.41, 5.74) is -0.216. The van der Waals surface area contributed by atoms with Crippen LogP contribution < -0.4 is 0 Å². The van der Waals surface area contributed by atoms with Gasteiger partial charge in [0.05, 0.1) is 32.1 Å². The Hall–Kier alpha value is -3.02. The maximum absolute atomic E-state index is 12.0. The molecule has 1 aliphatic rings. The first-order chi connectivity index (χ1) is 18.2. The number of ether oxygens (including phenoxy) is 2. The summed E-state index contributed by atoms with van der Waals surface area (Å²) in [6.07, 6.45) is -2.12. The van der Waals surface area contributed by atoms with Crippen LogP contribution in [0.2, 0.25) is 5.02 Å². The van der Waals surface area contributed by atoms with Crippen LogP contribution in [0.25, 0.3) is 0 Å². The van der Waals surface area contributed by atoms with Crippen LogP contribution in [0.1, 0.15) is 30.0 Å². The quantitative estimate of drug-likeness (QED) is 0.238. The van der Waals surface area contributed by atoms with Gasteiger partial charge in [-0.05, 0) is 23.3 Å². The zero-order valence-electron chi connectivity index (χ0n) is 21.0. The van der Waals surface area contributed by atoms with Crippen molar-refractivity contribution >= 4 is 29.5 Å². The molecule has 1 atom stereocenters. The highest BCUT2D eigenvalue weighted by Gasteiger charge is 2.42. The van der Waals surface area contributed by atoms with Crippen molar-refractivity contribution in [3.05, 3.63) is 70.7 Å². The Morgan fingerprint density at radius 3 is 2.00 bits per heavy atom. The predicted octanol–water partition coefficient (Wildman–Crippen LogP) is 2.29. The lowest BCUT2D eigenvalue weighted by Crippen LogP contribution is -2.48. The number of hydrogen-bond acceptors (Lipinski definition) is 8. The fourth-order valence-electron chi connectivity index (χ4n) is 4.47. The number of esters is 1. The van der Waals surface area contributed by atoms with Gasteiger partial charge in [0.15, 0.2) is 5.60 Å². The molecule has 0 bridgehead atoms. The van der Waals surface area contributed by atoms with Gasteiger partial charge in [0, 0.05) is 37.7 Å². The van der Waals surface area contributed by atoms with Crippen molar-refractivity contribution in [2.45, 2.75) is 24.5 Å². The number of aliphatic carboxylic acids is 2. The number of piperazine rings is 1. The lowest BCUT2D eigenvalue weighted by molar-refractivity contribution is -0.176. The predicted molar refractivity (Wildman–Crippen MR) is 139 cm³/mol. The number of hydrogen-bond donors (Lipinski definition) is 3. The lowest BCUT2D eigenvalue weighted by atomic mass is 9.96. The number of rotatable bonds is 14. The monoisotopic (exact) mass is 548 g/mol. The van der Waals surface area contributed by atoms with E-state index in [4.69, 9.17) is 31.3 Å². The number of benzene rings is 2. The molecular formula is C27H33ClN2O8. The second-order valence-corrected chi connectivity index (χ2v) is 9.60. The first-order valence-corrected chi connectivity index (χ1v) is 12.7. The molecule has 2 aromatic carbocycles. The van der Waals surface area contributed by atoms with Crippen LogP contribution in [-0.4, -0.2) is 101 Å². The third-order valence-corrected chi connectivity index (χ3v) is 6.61. The van der Waals surface area contributed by atoms with Crippen molar-refractivity contribution in [2.24, 2.45) is 0 Å². The highest BCUT2D eigenvalue weighted by atomic mass is 35.5. The van der Waals surface area contributed by atoms with Gasteiger partial charge in [-0.1, -0.05) is 54.1 Å². The van der Waals surface area contributed by atoms with Gasteiger partial charge >= 0.3 is 17.9 Å². The molecular weight excluding hydrogens is 516 g/mol. The van der Waals surface area contributed by atoms with Gasteiger partial charge in [0.1, 0.15) is 6.61 Å². The topological polar surface area (TPSA) is 137 Å². The Bertz CT molecular complexity index is 1040. The molecule has 0 aliphatic carbocycles. The minimum Gasteiger partial charge on any atom is -0.481 e. The number of carbonyl (C=O) groups is 3. The van der Waals surface area contributed by atoms with E-state index in [0.717, 1.165) is 26.2 Å². The first-order valence-electron chi connectivity index (χ1n) is 12.4. The van der Waals surface area contributed by atoms with Crippen LogP contribution in [0.15, 0.2) is 54.6 Å². The average molecular weight is 549 g/mol. The summed E-state index contributed by atoms with van der Waals surface area (Å²) in [6, 6.07) is 18.5. The SMILES string of the molecule is O=C(O)CC(O)(CC(=O)O)C(=O)OCCOCCN1CCN(C(c2ccccc2)c2ccc(Cl)cc2)CC1. The fraction of sp³-hybridized carbons (Fsp3) is 0.444. The number of carbonyl (C=O) groups excluding carboxylic acids is 1. The molecule has 1 fully saturated rings. The smallest absolute Gasteiger partial charge is 0.339 e. The van der Waals surface area contributed by atoms with Crippen LogP contribution in [-0.2, 0) is 23.9 Å². The Labute approximate surface area is 226 Å². The standard InChI is InChI=1S/C27H33ClN2O8/c28-22-8-6-21(7-9-22)25(20-4-2-1-3-5-20)30-12-10-29(11-13-30)14-15-37-16-17-38-26(35)27(36,18-23(31)32)19-24(33)34/h1-9,25,36H,10-19H2,(H,31,32)(H,33,34). The summed E-state index contributed by atoms with van der Waals surface area (Å²) in [4.78, 5) is 38.5. The number of nitrogens with zero attached hydrogens (tertiary/aromatic N) is 2. The normalized spacial score (nSPS) is 15.6. The third kappa shape index (κ3) is 8.78. The van der Waals surface area contributed by atoms with E-state index in [-0.39, 0.29) is 19.3 Å². The highest BCUT2D eigenvalue weighted by molar-refractivity contribution is 6.30. The lowest BCUT2D eigenvalue weighted by Gasteiger charge is -2.39. The Balaban J connectivity index is 1.41. The Kier molecular flexibility index (Phi) is 11.1. The second kappa shape index (κ2) is 14.2. The highest BCUT2D eigenvalue weighted by Crippen LogP contribution is 2.30. The molecule has 10 nitrogen and oxygen atoms in total. The van der Waals surface area contributed by atoms with E-state index in [2.05, 4.69) is 34.1 Å². The van der Waals surface area contributed by atoms with Crippen LogP contribution in [0.4, 0.5) is 0 Å². The van der Waals surface area contributed by atoms with Gasteiger partial charge < -0.3 is 24.8 Å². The number of halogens is 1. The summed E-state index contributed by atoms with van der Waals surface area (Å²) >= 11 is 6.11. The maximum Gasteiger partial charge on any atom is 0.339 e. The molecule has 0 radical (unpaired) electrons. The molecule has 1 heterocycles. The van der Waals surface area contributed by atoms with E-state index >= 15 is 0 Å². The van der Waals surface area contributed by atoms with E-state index in [0.29, 0.717) is 18.2 Å². The number of carboxylic acids is 2. The Morgan fingerprint density at radius 1 is 0.842 bits per heavy atom. The first kappa shape index (κ1) is 29.5. The average Bonchev–Trinajstić information content (AvgIpc) is 2.88.